The molecule has 1 N–H and O–H groups in total. The highest BCUT2D eigenvalue weighted by Gasteiger charge is 2.08. The highest BCUT2D eigenvalue weighted by atomic mass is 19.1. The molecule has 0 saturated carbocycles. The van der Waals surface area contributed by atoms with Crippen LogP contribution in [0.15, 0.2) is 30.3 Å². The fraction of sp³-hybridized carbons (Fsp3) is 0.200. The molecule has 0 bridgehead atoms. The smallest absolute Gasteiger partial charge is 0.231 e. The molecule has 0 aliphatic rings. The summed E-state index contributed by atoms with van der Waals surface area (Å²) < 4.78 is 11.8. The first-order valence-corrected chi connectivity index (χ1v) is 4.15. The van der Waals surface area contributed by atoms with Crippen LogP contribution in [0.3, 0.4) is 0 Å². The number of hydrogen-bond acceptors (Lipinski definition) is 2. The van der Waals surface area contributed by atoms with Gasteiger partial charge in [-0.15, -0.1) is 0 Å². The first-order chi connectivity index (χ1) is 6.72. The van der Waals surface area contributed by atoms with Gasteiger partial charge in [0, 0.05) is 5.69 Å². The summed E-state index contributed by atoms with van der Waals surface area (Å²) in [7, 11) is 0. The van der Waals surface area contributed by atoms with Crippen LogP contribution in [-0.4, -0.2) is 18.4 Å². The first kappa shape index (κ1) is 10.4. The molecule has 1 amide bonds. The molecule has 74 valence electrons. The van der Waals surface area contributed by atoms with E-state index in [1.165, 1.54) is 0 Å². The molecule has 0 aliphatic carbocycles. The lowest BCUT2D eigenvalue weighted by atomic mass is 10.2. The molecule has 0 fully saturated rings. The van der Waals surface area contributed by atoms with E-state index in [1.54, 1.807) is 24.3 Å². The standard InChI is InChI=1S/C10H10FNO2/c11-7-9(13)6-10(14)12-8-4-2-1-3-5-8/h1-5H,6-7H2,(H,12,14). The molecule has 0 spiro atoms. The van der Waals surface area contributed by atoms with Crippen LogP contribution in [0.2, 0.25) is 0 Å². The second-order valence-electron chi connectivity index (χ2n) is 2.76. The number of Topliss-reactive ketones (excluding diaryl/α,β-unsaturated/α-hetero) is 1. The minimum Gasteiger partial charge on any atom is -0.326 e. The summed E-state index contributed by atoms with van der Waals surface area (Å²) in [5.41, 5.74) is 0.601. The van der Waals surface area contributed by atoms with Crippen LogP contribution < -0.4 is 5.32 Å². The average molecular weight is 195 g/mol. The number of halogens is 1. The number of alkyl halides is 1. The van der Waals surface area contributed by atoms with E-state index < -0.39 is 24.8 Å². The van der Waals surface area contributed by atoms with Gasteiger partial charge in [0.05, 0.1) is 6.42 Å². The maximum absolute atomic E-state index is 11.8. The van der Waals surface area contributed by atoms with Gasteiger partial charge < -0.3 is 5.32 Å². The Labute approximate surface area is 80.9 Å². The largest absolute Gasteiger partial charge is 0.326 e. The molecule has 0 aromatic heterocycles. The van der Waals surface area contributed by atoms with Gasteiger partial charge in [0.1, 0.15) is 6.67 Å². The monoisotopic (exact) mass is 195 g/mol. The number of carbonyl (C=O) groups is 2. The van der Waals surface area contributed by atoms with E-state index in [0.29, 0.717) is 5.69 Å². The molecule has 14 heavy (non-hydrogen) atoms. The molecule has 1 aromatic rings. The van der Waals surface area contributed by atoms with Crippen molar-refractivity contribution in [1.82, 2.24) is 0 Å². The van der Waals surface area contributed by atoms with E-state index in [0.717, 1.165) is 0 Å². The van der Waals surface area contributed by atoms with Crippen LogP contribution in [0.4, 0.5) is 10.1 Å². The van der Waals surface area contributed by atoms with Crippen LogP contribution in [0, 0.1) is 0 Å². The number of hydrogen-bond donors (Lipinski definition) is 1. The molecule has 0 aliphatic heterocycles. The first-order valence-electron chi connectivity index (χ1n) is 4.15. The molecule has 4 heteroatoms. The van der Waals surface area contributed by atoms with Crippen LogP contribution in [0.1, 0.15) is 6.42 Å². The maximum Gasteiger partial charge on any atom is 0.231 e. The predicted molar refractivity (Wildman–Crippen MR) is 50.7 cm³/mol. The number of carbonyl (C=O) groups excluding carboxylic acids is 2. The van der Waals surface area contributed by atoms with Gasteiger partial charge in [-0.2, -0.15) is 0 Å². The van der Waals surface area contributed by atoms with Gasteiger partial charge in [0.15, 0.2) is 5.78 Å². The lowest BCUT2D eigenvalue weighted by Gasteiger charge is -2.02. The minimum atomic E-state index is -1.10. The van der Waals surface area contributed by atoms with Gasteiger partial charge in [-0.1, -0.05) is 18.2 Å². The lowest BCUT2D eigenvalue weighted by molar-refractivity contribution is -0.126. The van der Waals surface area contributed by atoms with Crippen molar-refractivity contribution in [3.05, 3.63) is 30.3 Å². The number of nitrogens with one attached hydrogen (secondary N) is 1. The molecular formula is C10H10FNO2. The van der Waals surface area contributed by atoms with Crippen molar-refractivity contribution >= 4 is 17.4 Å². The van der Waals surface area contributed by atoms with Crippen LogP contribution >= 0.6 is 0 Å². The highest BCUT2D eigenvalue weighted by molar-refractivity contribution is 6.04. The Morgan fingerprint density at radius 1 is 1.21 bits per heavy atom. The number of rotatable bonds is 4. The minimum absolute atomic E-state index is 0.411. The van der Waals surface area contributed by atoms with E-state index in [1.807, 2.05) is 6.07 Å². The molecule has 3 nitrogen and oxygen atoms in total. The molecular weight excluding hydrogens is 185 g/mol. The maximum atomic E-state index is 11.8. The fourth-order valence-corrected chi connectivity index (χ4v) is 0.953. The average Bonchev–Trinajstić information content (AvgIpc) is 2.19. The van der Waals surface area contributed by atoms with Crippen molar-refractivity contribution in [2.45, 2.75) is 6.42 Å². The van der Waals surface area contributed by atoms with Gasteiger partial charge in [0.25, 0.3) is 0 Å². The fourth-order valence-electron chi connectivity index (χ4n) is 0.953. The zero-order valence-corrected chi connectivity index (χ0v) is 7.50. The summed E-state index contributed by atoms with van der Waals surface area (Å²) in [6.07, 6.45) is -0.411. The van der Waals surface area contributed by atoms with E-state index >= 15 is 0 Å². The summed E-state index contributed by atoms with van der Waals surface area (Å²) >= 11 is 0. The number of benzene rings is 1. The number of ketones is 1. The van der Waals surface area contributed by atoms with Gasteiger partial charge in [0.2, 0.25) is 5.91 Å². The molecule has 1 rings (SSSR count). The van der Waals surface area contributed by atoms with Gasteiger partial charge in [-0.05, 0) is 12.1 Å². The van der Waals surface area contributed by atoms with Crippen molar-refractivity contribution in [2.75, 3.05) is 12.0 Å². The van der Waals surface area contributed by atoms with Crippen molar-refractivity contribution in [3.8, 4) is 0 Å². The molecule has 0 unspecified atom stereocenters. The topological polar surface area (TPSA) is 46.2 Å². The molecule has 0 atom stereocenters. The third kappa shape index (κ3) is 3.35. The molecule has 0 saturated heterocycles. The van der Waals surface area contributed by atoms with Crippen LogP contribution in [0.5, 0.6) is 0 Å². The number of amides is 1. The van der Waals surface area contributed by atoms with E-state index in [9.17, 15) is 14.0 Å². The second-order valence-corrected chi connectivity index (χ2v) is 2.76. The Bertz CT molecular complexity index is 324. The highest BCUT2D eigenvalue weighted by Crippen LogP contribution is 2.05. The van der Waals surface area contributed by atoms with Crippen LogP contribution in [0.25, 0.3) is 0 Å². The summed E-state index contributed by atoms with van der Waals surface area (Å²) in [6.45, 7) is -1.10. The van der Waals surface area contributed by atoms with Crippen LogP contribution in [-0.2, 0) is 9.59 Å². The zero-order valence-electron chi connectivity index (χ0n) is 7.50. The summed E-state index contributed by atoms with van der Waals surface area (Å²) in [5.74, 6) is -1.20. The Hall–Kier alpha value is -1.71. The van der Waals surface area contributed by atoms with Gasteiger partial charge in [-0.3, -0.25) is 9.59 Å². The SMILES string of the molecule is O=C(CF)CC(=O)Nc1ccccc1. The van der Waals surface area contributed by atoms with E-state index in [4.69, 9.17) is 0 Å². The van der Waals surface area contributed by atoms with Gasteiger partial charge >= 0.3 is 0 Å². The normalized spacial score (nSPS) is 9.50. The van der Waals surface area contributed by atoms with Gasteiger partial charge in [-0.25, -0.2) is 4.39 Å². The summed E-state index contributed by atoms with van der Waals surface area (Å²) in [6, 6.07) is 8.71. The predicted octanol–water partition coefficient (Wildman–Crippen LogP) is 1.55. The van der Waals surface area contributed by atoms with Crippen molar-refractivity contribution in [2.24, 2.45) is 0 Å². The molecule has 0 radical (unpaired) electrons. The Morgan fingerprint density at radius 2 is 1.86 bits per heavy atom. The third-order valence-corrected chi connectivity index (χ3v) is 1.56. The van der Waals surface area contributed by atoms with Crippen molar-refractivity contribution < 1.29 is 14.0 Å². The number of anilines is 1. The second kappa shape index (κ2) is 5.11. The quantitative estimate of drug-likeness (QED) is 0.741. The molecule has 1 aromatic carbocycles. The summed E-state index contributed by atoms with van der Waals surface area (Å²) in [5, 5.41) is 2.48. The van der Waals surface area contributed by atoms with E-state index in [-0.39, 0.29) is 0 Å². The van der Waals surface area contributed by atoms with E-state index in [2.05, 4.69) is 5.32 Å². The third-order valence-electron chi connectivity index (χ3n) is 1.56. The number of para-hydroxylation sites is 1. The Kier molecular flexibility index (Phi) is 3.79. The molecule has 0 heterocycles. The Morgan fingerprint density at radius 3 is 2.43 bits per heavy atom. The zero-order chi connectivity index (χ0) is 10.4. The lowest BCUT2D eigenvalue weighted by Crippen LogP contribution is -2.17. The summed E-state index contributed by atoms with van der Waals surface area (Å²) in [4.78, 5) is 21.7. The van der Waals surface area contributed by atoms with Crippen molar-refractivity contribution in [1.29, 1.82) is 0 Å². The van der Waals surface area contributed by atoms with Crippen molar-refractivity contribution in [3.63, 3.8) is 0 Å². The Balaban J connectivity index is 2.46.